The Labute approximate surface area is 177 Å². The molecule has 158 valence electrons. The van der Waals surface area contributed by atoms with Gasteiger partial charge >= 0.3 is 0 Å². The van der Waals surface area contributed by atoms with Crippen LogP contribution in [0.4, 0.5) is 0 Å². The minimum absolute atomic E-state index is 0.523. The number of methoxy groups -OCH3 is 1. The smallest absolute Gasteiger partial charge is 0.191 e. The number of nitrogens with one attached hydrogen (secondary N) is 2. The molecule has 2 N–H and O–H groups in total. The summed E-state index contributed by atoms with van der Waals surface area (Å²) in [7, 11) is 3.40. The van der Waals surface area contributed by atoms with Gasteiger partial charge in [-0.1, -0.05) is 18.2 Å². The van der Waals surface area contributed by atoms with Gasteiger partial charge in [0.05, 0.1) is 25.0 Å². The zero-order valence-electron chi connectivity index (χ0n) is 18.0. The summed E-state index contributed by atoms with van der Waals surface area (Å²) in [5.41, 5.74) is 4.32. The maximum Gasteiger partial charge on any atom is 0.191 e. The van der Waals surface area contributed by atoms with Gasteiger partial charge in [0.2, 0.25) is 0 Å². The molecule has 0 radical (unpaired) electrons. The van der Waals surface area contributed by atoms with E-state index in [-0.39, 0.29) is 0 Å². The second kappa shape index (κ2) is 10.3. The van der Waals surface area contributed by atoms with Gasteiger partial charge in [0.15, 0.2) is 5.96 Å². The highest BCUT2D eigenvalue weighted by atomic mass is 16.5. The number of nitrogens with zero attached hydrogens (tertiary/aromatic N) is 3. The first-order chi connectivity index (χ1) is 14.6. The third-order valence-corrected chi connectivity index (χ3v) is 4.62. The molecule has 3 rings (SSSR count). The lowest BCUT2D eigenvalue weighted by Gasteiger charge is -2.15. The molecule has 0 fully saturated rings. The van der Waals surface area contributed by atoms with Crippen LogP contribution >= 0.6 is 0 Å². The molecule has 3 aromatic rings. The number of para-hydroxylation sites is 1. The van der Waals surface area contributed by atoms with Crippen LogP contribution in [0.15, 0.2) is 59.6 Å². The van der Waals surface area contributed by atoms with Crippen molar-refractivity contribution in [3.05, 3.63) is 71.5 Å². The van der Waals surface area contributed by atoms with Gasteiger partial charge in [-0.15, -0.1) is 0 Å². The first-order valence-electron chi connectivity index (χ1n) is 9.93. The van der Waals surface area contributed by atoms with Crippen molar-refractivity contribution in [1.82, 2.24) is 20.4 Å². The quantitative estimate of drug-likeness (QED) is 0.341. The van der Waals surface area contributed by atoms with E-state index in [0.29, 0.717) is 19.7 Å². The number of hydrogen-bond donors (Lipinski definition) is 2. The molecule has 7 heteroatoms. The number of ether oxygens (including phenoxy) is 2. The van der Waals surface area contributed by atoms with Gasteiger partial charge in [-0.25, -0.2) is 4.68 Å². The van der Waals surface area contributed by atoms with E-state index in [9.17, 15) is 0 Å². The largest absolute Gasteiger partial charge is 0.497 e. The van der Waals surface area contributed by atoms with Crippen molar-refractivity contribution in [3.8, 4) is 17.2 Å². The van der Waals surface area contributed by atoms with E-state index >= 15 is 0 Å². The van der Waals surface area contributed by atoms with Crippen molar-refractivity contribution in [2.75, 3.05) is 27.3 Å². The molecule has 0 aliphatic rings. The van der Waals surface area contributed by atoms with Crippen LogP contribution in [0, 0.1) is 13.8 Å². The number of aliphatic imine (C=N–C) groups is 1. The molecule has 0 unspecified atom stereocenters. The summed E-state index contributed by atoms with van der Waals surface area (Å²) in [6.07, 6.45) is 0. The average molecular weight is 408 g/mol. The van der Waals surface area contributed by atoms with Crippen molar-refractivity contribution in [1.29, 1.82) is 0 Å². The van der Waals surface area contributed by atoms with E-state index in [1.54, 1.807) is 14.2 Å². The fraction of sp³-hybridized carbons (Fsp3) is 0.304. The van der Waals surface area contributed by atoms with Gasteiger partial charge in [0.1, 0.15) is 18.1 Å². The average Bonchev–Trinajstić information content (AvgIpc) is 3.11. The van der Waals surface area contributed by atoms with Crippen LogP contribution in [0.3, 0.4) is 0 Å². The highest BCUT2D eigenvalue weighted by Crippen LogP contribution is 2.17. The molecule has 0 amide bonds. The molecule has 0 saturated heterocycles. The van der Waals surface area contributed by atoms with E-state index in [0.717, 1.165) is 40.1 Å². The molecule has 0 spiro atoms. The minimum Gasteiger partial charge on any atom is -0.497 e. The first kappa shape index (κ1) is 21.2. The van der Waals surface area contributed by atoms with Gasteiger partial charge in [-0.2, -0.15) is 5.10 Å². The molecular formula is C23H29N5O2. The summed E-state index contributed by atoms with van der Waals surface area (Å²) < 4.78 is 12.9. The third-order valence-electron chi connectivity index (χ3n) is 4.62. The lowest BCUT2D eigenvalue weighted by Crippen LogP contribution is -2.39. The Kier molecular flexibility index (Phi) is 7.32. The van der Waals surface area contributed by atoms with E-state index < -0.39 is 0 Å². The van der Waals surface area contributed by atoms with Gasteiger partial charge in [0, 0.05) is 19.3 Å². The third kappa shape index (κ3) is 5.53. The van der Waals surface area contributed by atoms with Crippen LogP contribution in [0.2, 0.25) is 0 Å². The van der Waals surface area contributed by atoms with E-state index in [1.165, 1.54) is 0 Å². The van der Waals surface area contributed by atoms with Crippen LogP contribution in [-0.2, 0) is 6.54 Å². The van der Waals surface area contributed by atoms with Crippen LogP contribution in [0.5, 0.6) is 11.5 Å². The van der Waals surface area contributed by atoms with Crippen molar-refractivity contribution >= 4 is 5.96 Å². The summed E-state index contributed by atoms with van der Waals surface area (Å²) in [6.45, 7) is 5.85. The second-order valence-electron chi connectivity index (χ2n) is 6.84. The van der Waals surface area contributed by atoms with Crippen LogP contribution in [-0.4, -0.2) is 43.0 Å². The molecule has 0 aliphatic heterocycles. The lowest BCUT2D eigenvalue weighted by molar-refractivity contribution is 0.321. The van der Waals surface area contributed by atoms with Crippen molar-refractivity contribution < 1.29 is 9.47 Å². The van der Waals surface area contributed by atoms with E-state index in [4.69, 9.17) is 9.47 Å². The van der Waals surface area contributed by atoms with Gasteiger partial charge < -0.3 is 20.1 Å². The summed E-state index contributed by atoms with van der Waals surface area (Å²) >= 11 is 0. The molecule has 0 aliphatic carbocycles. The normalized spacial score (nSPS) is 11.3. The monoisotopic (exact) mass is 407 g/mol. The summed E-state index contributed by atoms with van der Waals surface area (Å²) in [6, 6.07) is 17.8. The van der Waals surface area contributed by atoms with Crippen molar-refractivity contribution in [2.45, 2.75) is 20.4 Å². The Morgan fingerprint density at radius 2 is 1.77 bits per heavy atom. The molecule has 1 heterocycles. The number of aryl methyl sites for hydroxylation is 2. The fourth-order valence-electron chi connectivity index (χ4n) is 3.15. The fourth-order valence-corrected chi connectivity index (χ4v) is 3.15. The zero-order valence-corrected chi connectivity index (χ0v) is 18.0. The lowest BCUT2D eigenvalue weighted by atomic mass is 10.1. The van der Waals surface area contributed by atoms with Crippen LogP contribution < -0.4 is 20.1 Å². The highest BCUT2D eigenvalue weighted by Gasteiger charge is 2.09. The van der Waals surface area contributed by atoms with Crippen molar-refractivity contribution in [2.24, 2.45) is 4.99 Å². The minimum atomic E-state index is 0.523. The molecule has 30 heavy (non-hydrogen) atoms. The highest BCUT2D eigenvalue weighted by molar-refractivity contribution is 5.79. The molecule has 0 saturated carbocycles. The summed E-state index contributed by atoms with van der Waals surface area (Å²) in [4.78, 5) is 4.29. The maximum atomic E-state index is 5.74. The van der Waals surface area contributed by atoms with E-state index in [2.05, 4.69) is 45.8 Å². The van der Waals surface area contributed by atoms with Gasteiger partial charge in [-0.05, 0) is 55.8 Å². The SMILES string of the molecule is CN=C(NCCOc1ccc(OC)cc1)NCc1ccccc1-n1nc(C)cc1C. The Morgan fingerprint density at radius 1 is 1.03 bits per heavy atom. The maximum absolute atomic E-state index is 5.74. The Bertz CT molecular complexity index is 980. The molecule has 2 aromatic carbocycles. The predicted molar refractivity (Wildman–Crippen MR) is 120 cm³/mol. The number of rotatable bonds is 8. The molecule has 0 bridgehead atoms. The Morgan fingerprint density at radius 3 is 2.43 bits per heavy atom. The van der Waals surface area contributed by atoms with Crippen molar-refractivity contribution in [3.63, 3.8) is 0 Å². The molecule has 0 atom stereocenters. The summed E-state index contributed by atoms with van der Waals surface area (Å²) in [5.74, 6) is 2.33. The van der Waals surface area contributed by atoms with Crippen LogP contribution in [0.1, 0.15) is 17.0 Å². The Balaban J connectivity index is 1.51. The number of guanidine groups is 1. The molecule has 7 nitrogen and oxygen atoms in total. The van der Waals surface area contributed by atoms with Gasteiger partial charge in [-0.3, -0.25) is 4.99 Å². The standard InChI is InChI=1S/C23H29N5O2/c1-17-15-18(2)28(27-17)22-8-6-5-7-19(22)16-26-23(24-3)25-13-14-30-21-11-9-20(29-4)10-12-21/h5-12,15H,13-14,16H2,1-4H3,(H2,24,25,26). The molecular weight excluding hydrogens is 378 g/mol. The van der Waals surface area contributed by atoms with Gasteiger partial charge in [0.25, 0.3) is 0 Å². The second-order valence-corrected chi connectivity index (χ2v) is 6.84. The van der Waals surface area contributed by atoms with E-state index in [1.807, 2.05) is 48.0 Å². The number of aromatic nitrogens is 2. The Hall–Kier alpha value is -3.48. The zero-order chi connectivity index (χ0) is 21.3. The number of hydrogen-bond acceptors (Lipinski definition) is 4. The van der Waals surface area contributed by atoms with Crippen LogP contribution in [0.25, 0.3) is 5.69 Å². The number of benzene rings is 2. The predicted octanol–water partition coefficient (Wildman–Crippen LogP) is 3.24. The molecule has 1 aromatic heterocycles. The topological polar surface area (TPSA) is 72.7 Å². The first-order valence-corrected chi connectivity index (χ1v) is 9.93. The summed E-state index contributed by atoms with van der Waals surface area (Å²) in [5, 5.41) is 11.2.